The Morgan fingerprint density at radius 3 is 2.58 bits per heavy atom. The van der Waals surface area contributed by atoms with Gasteiger partial charge in [0.1, 0.15) is 0 Å². The van der Waals surface area contributed by atoms with Crippen LogP contribution in [0.5, 0.6) is 0 Å². The fraction of sp³-hybridized carbons (Fsp3) is 0.933. The molecule has 19 heavy (non-hydrogen) atoms. The smallest absolute Gasteiger partial charge is 0.227 e. The molecule has 4 heteroatoms. The molecule has 1 saturated heterocycles. The van der Waals surface area contributed by atoms with Crippen molar-refractivity contribution in [1.29, 1.82) is 0 Å². The van der Waals surface area contributed by atoms with Crippen LogP contribution in [0.15, 0.2) is 0 Å². The minimum absolute atomic E-state index is 0.133. The normalized spacial score (nSPS) is 19.9. The van der Waals surface area contributed by atoms with Crippen LogP contribution >= 0.6 is 0 Å². The van der Waals surface area contributed by atoms with Crippen molar-refractivity contribution < 1.29 is 9.53 Å². The highest BCUT2D eigenvalue weighted by molar-refractivity contribution is 5.83. The molecule has 1 heterocycles. The van der Waals surface area contributed by atoms with E-state index in [4.69, 9.17) is 10.5 Å². The zero-order valence-electron chi connectivity index (χ0n) is 12.5. The van der Waals surface area contributed by atoms with Crippen LogP contribution in [0.1, 0.15) is 52.4 Å². The number of amides is 1. The van der Waals surface area contributed by atoms with Crippen LogP contribution in [0.4, 0.5) is 0 Å². The maximum absolute atomic E-state index is 12.4. The van der Waals surface area contributed by atoms with Crippen LogP contribution in [0, 0.1) is 11.3 Å². The van der Waals surface area contributed by atoms with Crippen LogP contribution in [0.2, 0.25) is 0 Å². The Morgan fingerprint density at radius 2 is 2.05 bits per heavy atom. The number of hydrogen-bond donors (Lipinski definition) is 2. The molecule has 1 amide bonds. The zero-order chi connectivity index (χ0) is 14.1. The topological polar surface area (TPSA) is 64.4 Å². The quantitative estimate of drug-likeness (QED) is 0.709. The van der Waals surface area contributed by atoms with Crippen molar-refractivity contribution in [3.05, 3.63) is 0 Å². The summed E-state index contributed by atoms with van der Waals surface area (Å²) < 4.78 is 5.34. The molecule has 112 valence electrons. The molecule has 0 aromatic heterocycles. The summed E-state index contributed by atoms with van der Waals surface area (Å²) in [6.45, 7) is 6.91. The molecule has 0 spiro atoms. The lowest BCUT2D eigenvalue weighted by Gasteiger charge is -2.35. The van der Waals surface area contributed by atoms with E-state index < -0.39 is 0 Å². The van der Waals surface area contributed by atoms with E-state index in [0.717, 1.165) is 25.8 Å². The third-order valence-corrected chi connectivity index (χ3v) is 4.42. The van der Waals surface area contributed by atoms with Crippen LogP contribution in [-0.2, 0) is 9.53 Å². The molecule has 0 aromatic rings. The third-order valence-electron chi connectivity index (χ3n) is 4.42. The van der Waals surface area contributed by atoms with Crippen LogP contribution in [-0.4, -0.2) is 32.2 Å². The molecular weight excluding hydrogens is 240 g/mol. The summed E-state index contributed by atoms with van der Waals surface area (Å²) >= 11 is 0. The van der Waals surface area contributed by atoms with Gasteiger partial charge in [0.2, 0.25) is 5.91 Å². The first-order valence-electron chi connectivity index (χ1n) is 7.74. The Hall–Kier alpha value is -0.610. The van der Waals surface area contributed by atoms with Crippen molar-refractivity contribution in [2.24, 2.45) is 17.1 Å². The summed E-state index contributed by atoms with van der Waals surface area (Å²) in [6, 6.07) is 0. The minimum atomic E-state index is -0.388. The lowest BCUT2D eigenvalue weighted by atomic mass is 9.79. The molecule has 1 rings (SSSR count). The van der Waals surface area contributed by atoms with E-state index in [1.807, 2.05) is 0 Å². The van der Waals surface area contributed by atoms with Gasteiger partial charge in [-0.15, -0.1) is 0 Å². The standard InChI is InChI=1S/C15H30N2O2/c1-3-5-6-13(4-2)11-17-14(18)15(12-16)7-9-19-10-8-15/h13H,3-12,16H2,1-2H3,(H,17,18). The largest absolute Gasteiger partial charge is 0.381 e. The number of nitrogens with two attached hydrogens (primary N) is 1. The summed E-state index contributed by atoms with van der Waals surface area (Å²) in [5, 5.41) is 3.13. The first kappa shape index (κ1) is 16.4. The van der Waals surface area contributed by atoms with Gasteiger partial charge in [0.05, 0.1) is 5.41 Å². The number of carbonyl (C=O) groups excluding carboxylic acids is 1. The monoisotopic (exact) mass is 270 g/mol. The van der Waals surface area contributed by atoms with Crippen molar-refractivity contribution in [3.63, 3.8) is 0 Å². The Bertz CT molecular complexity index is 263. The first-order valence-corrected chi connectivity index (χ1v) is 7.74. The molecule has 0 saturated carbocycles. The highest BCUT2D eigenvalue weighted by atomic mass is 16.5. The summed E-state index contributed by atoms with van der Waals surface area (Å²) in [5.74, 6) is 0.729. The van der Waals surface area contributed by atoms with Crippen molar-refractivity contribution >= 4 is 5.91 Å². The highest BCUT2D eigenvalue weighted by Gasteiger charge is 2.38. The van der Waals surface area contributed by atoms with E-state index in [-0.39, 0.29) is 11.3 Å². The Morgan fingerprint density at radius 1 is 1.37 bits per heavy atom. The molecule has 1 fully saturated rings. The van der Waals surface area contributed by atoms with Gasteiger partial charge >= 0.3 is 0 Å². The van der Waals surface area contributed by atoms with Crippen molar-refractivity contribution in [2.45, 2.75) is 52.4 Å². The number of carbonyl (C=O) groups is 1. The number of hydrogen-bond acceptors (Lipinski definition) is 3. The van der Waals surface area contributed by atoms with Crippen molar-refractivity contribution in [1.82, 2.24) is 5.32 Å². The van der Waals surface area contributed by atoms with Gasteiger partial charge in [-0.05, 0) is 25.2 Å². The molecule has 3 N–H and O–H groups in total. The predicted octanol–water partition coefficient (Wildman–Crippen LogP) is 2.07. The van der Waals surface area contributed by atoms with E-state index in [9.17, 15) is 4.79 Å². The predicted molar refractivity (Wildman–Crippen MR) is 77.9 cm³/mol. The maximum atomic E-state index is 12.4. The van der Waals surface area contributed by atoms with Gasteiger partial charge in [0.15, 0.2) is 0 Å². The summed E-state index contributed by atoms with van der Waals surface area (Å²) in [6.07, 6.45) is 6.28. The number of rotatable bonds is 8. The minimum Gasteiger partial charge on any atom is -0.381 e. The average Bonchev–Trinajstić information content (AvgIpc) is 2.47. The van der Waals surface area contributed by atoms with Gasteiger partial charge in [0.25, 0.3) is 0 Å². The molecular formula is C15H30N2O2. The van der Waals surface area contributed by atoms with Crippen LogP contribution < -0.4 is 11.1 Å². The maximum Gasteiger partial charge on any atom is 0.227 e. The van der Waals surface area contributed by atoms with Gasteiger partial charge in [-0.1, -0.05) is 33.1 Å². The molecule has 1 aliphatic heterocycles. The second kappa shape index (κ2) is 8.54. The van der Waals surface area contributed by atoms with Crippen molar-refractivity contribution in [2.75, 3.05) is 26.3 Å². The third kappa shape index (κ3) is 4.77. The van der Waals surface area contributed by atoms with Gasteiger partial charge < -0.3 is 15.8 Å². The van der Waals surface area contributed by atoms with E-state index in [1.54, 1.807) is 0 Å². The molecule has 4 nitrogen and oxygen atoms in total. The molecule has 0 aliphatic carbocycles. The van der Waals surface area contributed by atoms with E-state index in [2.05, 4.69) is 19.2 Å². The SMILES string of the molecule is CCCCC(CC)CNC(=O)C1(CN)CCOCC1. The van der Waals surface area contributed by atoms with Gasteiger partial charge in [-0.3, -0.25) is 4.79 Å². The number of unbranched alkanes of at least 4 members (excludes halogenated alkanes) is 1. The molecule has 1 unspecified atom stereocenters. The van der Waals surface area contributed by atoms with Gasteiger partial charge in [-0.25, -0.2) is 0 Å². The van der Waals surface area contributed by atoms with Gasteiger partial charge in [0, 0.05) is 26.3 Å². The molecule has 0 bridgehead atoms. The molecule has 0 radical (unpaired) electrons. The summed E-state index contributed by atoms with van der Waals surface area (Å²) in [5.41, 5.74) is 5.45. The lowest BCUT2D eigenvalue weighted by molar-refractivity contribution is -0.136. The molecule has 1 aliphatic rings. The van der Waals surface area contributed by atoms with Gasteiger partial charge in [-0.2, -0.15) is 0 Å². The fourth-order valence-corrected chi connectivity index (χ4v) is 2.65. The zero-order valence-corrected chi connectivity index (χ0v) is 12.5. The van der Waals surface area contributed by atoms with E-state index in [1.165, 1.54) is 19.3 Å². The average molecular weight is 270 g/mol. The fourth-order valence-electron chi connectivity index (χ4n) is 2.65. The van der Waals surface area contributed by atoms with Crippen LogP contribution in [0.25, 0.3) is 0 Å². The molecule has 1 atom stereocenters. The second-order valence-corrected chi connectivity index (χ2v) is 5.72. The first-order chi connectivity index (χ1) is 9.18. The van der Waals surface area contributed by atoms with Crippen LogP contribution in [0.3, 0.4) is 0 Å². The Balaban J connectivity index is 2.43. The molecule has 0 aromatic carbocycles. The van der Waals surface area contributed by atoms with Crippen molar-refractivity contribution in [3.8, 4) is 0 Å². The highest BCUT2D eigenvalue weighted by Crippen LogP contribution is 2.29. The Labute approximate surface area is 117 Å². The van der Waals surface area contributed by atoms with E-state index in [0.29, 0.717) is 25.7 Å². The summed E-state index contributed by atoms with van der Waals surface area (Å²) in [4.78, 5) is 12.4. The number of ether oxygens (including phenoxy) is 1. The number of nitrogens with one attached hydrogen (secondary N) is 1. The lowest BCUT2D eigenvalue weighted by Crippen LogP contribution is -2.50. The second-order valence-electron chi connectivity index (χ2n) is 5.72. The summed E-state index contributed by atoms with van der Waals surface area (Å²) in [7, 11) is 0. The Kier molecular flexibility index (Phi) is 7.39. The van der Waals surface area contributed by atoms with E-state index >= 15 is 0 Å².